The number of allylic oxidation sites excluding steroid dienone is 4. The van der Waals surface area contributed by atoms with Crippen LogP contribution in [0.25, 0.3) is 0 Å². The zero-order valence-corrected chi connectivity index (χ0v) is 7.44. The van der Waals surface area contributed by atoms with Crippen molar-refractivity contribution in [2.75, 3.05) is 0 Å². The standard InChI is InChI=1S/C5H5.CO.CH3.Pt/c1-2-4-5-3-1;1-2;;/h1-3H,4H2;;1H3;. The van der Waals surface area contributed by atoms with E-state index in [1.54, 1.807) is 0 Å². The van der Waals surface area contributed by atoms with Gasteiger partial charge in [-0.05, 0) is 0 Å². The van der Waals surface area contributed by atoms with Gasteiger partial charge >= 0.3 is 59.8 Å². The van der Waals surface area contributed by atoms with E-state index in [9.17, 15) is 4.79 Å². The van der Waals surface area contributed by atoms with Crippen molar-refractivity contribution >= 4 is 4.27 Å². The van der Waals surface area contributed by atoms with E-state index >= 15 is 0 Å². The van der Waals surface area contributed by atoms with E-state index in [0.717, 1.165) is 6.42 Å². The third-order valence-electron chi connectivity index (χ3n) is 1.10. The summed E-state index contributed by atoms with van der Waals surface area (Å²) < 4.78 is 3.43. The summed E-state index contributed by atoms with van der Waals surface area (Å²) in [6, 6.07) is 0. The van der Waals surface area contributed by atoms with E-state index in [2.05, 4.69) is 16.4 Å². The summed E-state index contributed by atoms with van der Waals surface area (Å²) in [5.41, 5.74) is 0. The second-order valence-corrected chi connectivity index (χ2v) is 6.43. The molecule has 1 rings (SSSR count). The molecule has 0 unspecified atom stereocenters. The molecular weight excluding hydrogens is 295 g/mol. The molecule has 0 amide bonds. The van der Waals surface area contributed by atoms with Crippen LogP contribution in [-0.4, -0.2) is 4.27 Å². The van der Waals surface area contributed by atoms with Gasteiger partial charge in [-0.15, -0.1) is 0 Å². The molecule has 0 N–H and O–H groups in total. The Balaban J connectivity index is 2.78. The quantitative estimate of drug-likeness (QED) is 0.718. The van der Waals surface area contributed by atoms with Crippen molar-refractivity contribution in [1.82, 2.24) is 0 Å². The van der Waals surface area contributed by atoms with Crippen LogP contribution in [0.1, 0.15) is 6.42 Å². The molecule has 0 saturated heterocycles. The Morgan fingerprint density at radius 3 is 3.00 bits per heavy atom. The van der Waals surface area contributed by atoms with Crippen LogP contribution < -0.4 is 0 Å². The molecule has 0 aromatic rings. The van der Waals surface area contributed by atoms with Crippen LogP contribution in [0.4, 0.5) is 0 Å². The number of rotatable bonds is 1. The first-order valence-corrected chi connectivity index (χ1v) is 7.10. The molecule has 0 spiro atoms. The second-order valence-electron chi connectivity index (χ2n) is 1.67. The molecule has 1 nitrogen and oxygen atoms in total. The Hall–Kier alpha value is -0.252. The Kier molecular flexibility index (Phi) is 2.33. The van der Waals surface area contributed by atoms with E-state index < -0.39 is 16.9 Å². The monoisotopic (exact) mass is 303 g/mol. The molecule has 0 atom stereocenters. The average Bonchev–Trinajstić information content (AvgIpc) is 2.37. The second kappa shape index (κ2) is 3.05. The molecule has 2 heteroatoms. The summed E-state index contributed by atoms with van der Waals surface area (Å²) in [6.07, 6.45) is 7.15. The number of carbonyl (C=O) groups excluding carboxylic acids is 1. The van der Waals surface area contributed by atoms with E-state index in [-0.39, 0.29) is 0 Å². The van der Waals surface area contributed by atoms with E-state index in [1.165, 1.54) is 3.96 Å². The minimum atomic E-state index is -1.40. The van der Waals surface area contributed by atoms with Gasteiger partial charge in [0.2, 0.25) is 0 Å². The topological polar surface area (TPSA) is 17.1 Å². The van der Waals surface area contributed by atoms with Gasteiger partial charge in [0.1, 0.15) is 0 Å². The zero-order chi connectivity index (χ0) is 6.69. The molecule has 1 aliphatic rings. The van der Waals surface area contributed by atoms with Crippen LogP contribution in [0.2, 0.25) is 5.31 Å². The summed E-state index contributed by atoms with van der Waals surface area (Å²) in [5.74, 6) is 0. The normalized spacial score (nSPS) is 17.0. The van der Waals surface area contributed by atoms with Crippen molar-refractivity contribution in [3.8, 4) is 0 Å². The third-order valence-corrected chi connectivity index (χ3v) is 4.83. The Labute approximate surface area is 60.1 Å². The minimum absolute atomic E-state index is 0.997. The van der Waals surface area contributed by atoms with Crippen LogP contribution in [0.15, 0.2) is 22.2 Å². The van der Waals surface area contributed by atoms with Crippen molar-refractivity contribution in [2.45, 2.75) is 11.7 Å². The Morgan fingerprint density at radius 1 is 1.78 bits per heavy atom. The third kappa shape index (κ3) is 1.58. The maximum atomic E-state index is 10.2. The van der Waals surface area contributed by atoms with Crippen molar-refractivity contribution in [1.29, 1.82) is 0 Å². The summed E-state index contributed by atoms with van der Waals surface area (Å²) in [6.45, 7) is 0. The average molecular weight is 303 g/mol. The molecule has 0 aromatic heterocycles. The molecular formula is C7H8OPt. The predicted molar refractivity (Wildman–Crippen MR) is 33.4 cm³/mol. The fourth-order valence-corrected chi connectivity index (χ4v) is 2.67. The number of hydrogen-bond donors (Lipinski definition) is 0. The molecule has 0 aliphatic heterocycles. The fourth-order valence-electron chi connectivity index (χ4n) is 0.625. The molecule has 1 aliphatic carbocycles. The fraction of sp³-hybridized carbons (Fsp3) is 0.286. The summed E-state index contributed by atoms with van der Waals surface area (Å²) in [7, 11) is 0. The molecule has 0 bridgehead atoms. The van der Waals surface area contributed by atoms with Crippen LogP contribution in [0.5, 0.6) is 0 Å². The Morgan fingerprint density at radius 2 is 2.56 bits per heavy atom. The molecule has 0 radical (unpaired) electrons. The molecule has 0 saturated carbocycles. The first kappa shape index (κ1) is 6.86. The zero-order valence-electron chi connectivity index (χ0n) is 5.16. The molecule has 0 fully saturated rings. The SMILES string of the molecule is [CH3][Pt](=[C]=O)[C]1=CC=CC1. The summed E-state index contributed by atoms with van der Waals surface area (Å²) in [5, 5.41) is 2.02. The summed E-state index contributed by atoms with van der Waals surface area (Å²) in [4.78, 5) is 10.2. The summed E-state index contributed by atoms with van der Waals surface area (Å²) >= 11 is -1.40. The van der Waals surface area contributed by atoms with Crippen molar-refractivity contribution in [3.05, 3.63) is 22.2 Å². The predicted octanol–water partition coefficient (Wildman–Crippen LogP) is 1.56. The van der Waals surface area contributed by atoms with Gasteiger partial charge in [0.15, 0.2) is 0 Å². The van der Waals surface area contributed by atoms with Gasteiger partial charge in [-0.3, -0.25) is 0 Å². The van der Waals surface area contributed by atoms with Gasteiger partial charge in [0.05, 0.1) is 0 Å². The van der Waals surface area contributed by atoms with Crippen molar-refractivity contribution in [2.24, 2.45) is 0 Å². The van der Waals surface area contributed by atoms with Gasteiger partial charge < -0.3 is 0 Å². The van der Waals surface area contributed by atoms with Crippen molar-refractivity contribution in [3.63, 3.8) is 0 Å². The first-order valence-electron chi connectivity index (χ1n) is 2.55. The van der Waals surface area contributed by atoms with Crippen LogP contribution in [0, 0.1) is 0 Å². The van der Waals surface area contributed by atoms with E-state index in [0.29, 0.717) is 0 Å². The van der Waals surface area contributed by atoms with Crippen molar-refractivity contribution < 1.29 is 21.6 Å². The van der Waals surface area contributed by atoms with Gasteiger partial charge in [-0.25, -0.2) is 0 Å². The van der Waals surface area contributed by atoms with Crippen LogP contribution in [0.3, 0.4) is 0 Å². The van der Waals surface area contributed by atoms with E-state index in [4.69, 9.17) is 0 Å². The van der Waals surface area contributed by atoms with Gasteiger partial charge in [-0.2, -0.15) is 0 Å². The van der Waals surface area contributed by atoms with Crippen LogP contribution in [-0.2, 0) is 21.6 Å². The van der Waals surface area contributed by atoms with Gasteiger partial charge in [0.25, 0.3) is 0 Å². The number of hydrogen-bond acceptors (Lipinski definition) is 1. The molecule has 9 heavy (non-hydrogen) atoms. The first-order chi connectivity index (χ1) is 4.34. The van der Waals surface area contributed by atoms with Gasteiger partial charge in [-0.1, -0.05) is 0 Å². The van der Waals surface area contributed by atoms with Crippen LogP contribution >= 0.6 is 0 Å². The Bertz CT molecular complexity index is 219. The molecule has 0 aromatic carbocycles. The maximum absolute atomic E-state index is 10.2. The molecule has 52 valence electrons. The van der Waals surface area contributed by atoms with Gasteiger partial charge in [0, 0.05) is 0 Å². The van der Waals surface area contributed by atoms with E-state index in [1.807, 2.05) is 11.4 Å². The molecule has 0 heterocycles.